The van der Waals surface area contributed by atoms with E-state index in [1.54, 1.807) is 18.7 Å². The van der Waals surface area contributed by atoms with Gasteiger partial charge in [0.05, 0.1) is 19.3 Å². The second kappa shape index (κ2) is 13.0. The maximum Gasteiger partial charge on any atom is 0.326 e. The van der Waals surface area contributed by atoms with Crippen molar-refractivity contribution in [3.05, 3.63) is 87.7 Å². The Hall–Kier alpha value is -3.26. The molecular weight excluding hydrogens is 653 g/mol. The third kappa shape index (κ3) is 6.00. The van der Waals surface area contributed by atoms with E-state index >= 15 is 4.39 Å². The maximum atomic E-state index is 15.5. The molecule has 4 heterocycles. The van der Waals surface area contributed by atoms with E-state index < -0.39 is 61.8 Å². The van der Waals surface area contributed by atoms with E-state index in [-0.39, 0.29) is 53.8 Å². The van der Waals surface area contributed by atoms with E-state index in [4.69, 9.17) is 19.9 Å². The molecule has 2 saturated heterocycles. The number of hydrogen-bond acceptors (Lipinski definition) is 11. The molecule has 0 aliphatic carbocycles. The zero-order valence-corrected chi connectivity index (χ0v) is 28.1. The molecule has 252 valence electrons. The van der Waals surface area contributed by atoms with Gasteiger partial charge in [0.1, 0.15) is 25.5 Å². The predicted molar refractivity (Wildman–Crippen MR) is 170 cm³/mol. The lowest BCUT2D eigenvalue weighted by Crippen LogP contribution is -2.68. The normalized spacial score (nSPS) is 23.7. The van der Waals surface area contributed by atoms with Gasteiger partial charge in [0, 0.05) is 34.3 Å². The summed E-state index contributed by atoms with van der Waals surface area (Å²) in [5, 5.41) is 14.9. The number of hydrazine groups is 1. The molecule has 11 nitrogen and oxygen atoms in total. The van der Waals surface area contributed by atoms with Gasteiger partial charge in [0.25, 0.3) is 5.91 Å². The molecule has 1 unspecified atom stereocenters. The van der Waals surface area contributed by atoms with Crippen molar-refractivity contribution in [3.63, 3.8) is 0 Å². The van der Waals surface area contributed by atoms with Gasteiger partial charge < -0.3 is 34.5 Å². The van der Waals surface area contributed by atoms with Crippen LogP contribution in [0.4, 0.5) is 8.78 Å². The minimum absolute atomic E-state index is 0.0723. The van der Waals surface area contributed by atoms with Crippen molar-refractivity contribution >= 4 is 30.8 Å². The number of morpholine rings is 1. The molecule has 2 fully saturated rings. The summed E-state index contributed by atoms with van der Waals surface area (Å²) in [5.41, 5.74) is 7.22. The van der Waals surface area contributed by atoms with Crippen LogP contribution in [0.5, 0.6) is 0 Å². The SMILES string of the molecule is CC(C)[C@H](N)C(=O)OCOC1=C2C(=O)N3CCOC[C@H]3N([C@@H]3c4ccccc4SCc4c3ccc(F)c4F)N2C=C(P(C)(C)=O)C1O. The first-order valence-corrected chi connectivity index (χ1v) is 18.8. The Bertz CT molecular complexity index is 1720. The van der Waals surface area contributed by atoms with Crippen molar-refractivity contribution in [1.29, 1.82) is 0 Å². The fourth-order valence-electron chi connectivity index (χ4n) is 6.20. The number of carbonyl (C=O) groups excluding carboxylic acids is 2. The van der Waals surface area contributed by atoms with Gasteiger partial charge in [-0.1, -0.05) is 38.1 Å². The van der Waals surface area contributed by atoms with Gasteiger partial charge in [-0.3, -0.25) is 14.6 Å². The van der Waals surface area contributed by atoms with Crippen LogP contribution in [0.1, 0.15) is 36.6 Å². The number of ether oxygens (including phenoxy) is 3. The van der Waals surface area contributed by atoms with Crippen LogP contribution in [-0.2, 0) is 34.1 Å². The number of aliphatic hydroxyl groups excluding tert-OH is 1. The molecule has 3 N–H and O–H groups in total. The van der Waals surface area contributed by atoms with Crippen LogP contribution in [0.25, 0.3) is 0 Å². The summed E-state index contributed by atoms with van der Waals surface area (Å²) < 4.78 is 60.9. The lowest BCUT2D eigenvalue weighted by Gasteiger charge is -2.55. The Balaban J connectivity index is 1.55. The van der Waals surface area contributed by atoms with Gasteiger partial charge in [0.2, 0.25) is 6.79 Å². The Kier molecular flexibility index (Phi) is 9.29. The summed E-state index contributed by atoms with van der Waals surface area (Å²) in [7, 11) is -3.22. The van der Waals surface area contributed by atoms with Gasteiger partial charge in [-0.25, -0.2) is 8.78 Å². The molecule has 6 rings (SSSR count). The molecule has 2 aromatic rings. The van der Waals surface area contributed by atoms with Gasteiger partial charge in [0.15, 0.2) is 23.1 Å². The molecule has 15 heteroatoms. The van der Waals surface area contributed by atoms with Crippen molar-refractivity contribution in [1.82, 2.24) is 14.9 Å². The number of halogens is 2. The second-order valence-corrected chi connectivity index (χ2v) is 16.7. The van der Waals surface area contributed by atoms with Crippen LogP contribution in [0.3, 0.4) is 0 Å². The zero-order chi connectivity index (χ0) is 33.8. The van der Waals surface area contributed by atoms with E-state index in [2.05, 4.69) is 0 Å². The largest absolute Gasteiger partial charge is 0.456 e. The Morgan fingerprint density at radius 1 is 1.19 bits per heavy atom. The van der Waals surface area contributed by atoms with E-state index in [0.29, 0.717) is 5.56 Å². The fourth-order valence-corrected chi connectivity index (χ4v) is 8.40. The van der Waals surface area contributed by atoms with Crippen molar-refractivity contribution in [2.45, 2.75) is 48.8 Å². The number of esters is 1. The molecule has 1 amide bonds. The van der Waals surface area contributed by atoms with Crippen LogP contribution in [0, 0.1) is 17.6 Å². The molecule has 0 saturated carbocycles. The Morgan fingerprint density at radius 3 is 2.66 bits per heavy atom. The number of thioether (sulfide) groups is 1. The zero-order valence-electron chi connectivity index (χ0n) is 26.4. The molecule has 0 aromatic heterocycles. The molecule has 4 atom stereocenters. The second-order valence-electron chi connectivity index (χ2n) is 12.5. The van der Waals surface area contributed by atoms with E-state index in [9.17, 15) is 23.7 Å². The van der Waals surface area contributed by atoms with Crippen molar-refractivity contribution in [2.24, 2.45) is 11.7 Å². The lowest BCUT2D eigenvalue weighted by molar-refractivity contribution is -0.192. The first-order chi connectivity index (χ1) is 22.3. The van der Waals surface area contributed by atoms with Crippen molar-refractivity contribution < 1.29 is 42.3 Å². The molecule has 2 aromatic carbocycles. The van der Waals surface area contributed by atoms with Gasteiger partial charge in [-0.15, -0.1) is 11.8 Å². The number of carbonyl (C=O) groups is 2. The van der Waals surface area contributed by atoms with Crippen LogP contribution < -0.4 is 5.73 Å². The van der Waals surface area contributed by atoms with Crippen LogP contribution >= 0.6 is 18.9 Å². The Labute approximate surface area is 275 Å². The third-order valence-electron chi connectivity index (χ3n) is 8.77. The van der Waals surface area contributed by atoms with E-state index in [0.717, 1.165) is 16.5 Å². The highest BCUT2D eigenvalue weighted by Gasteiger charge is 2.52. The summed E-state index contributed by atoms with van der Waals surface area (Å²) in [6.07, 6.45) is -0.900. The predicted octanol–water partition coefficient (Wildman–Crippen LogP) is 3.93. The van der Waals surface area contributed by atoms with Gasteiger partial charge >= 0.3 is 5.97 Å². The number of aliphatic hydroxyl groups is 1. The number of fused-ring (bicyclic) bond motifs is 4. The van der Waals surface area contributed by atoms with Crippen molar-refractivity contribution in [3.8, 4) is 0 Å². The number of amides is 1. The molecule has 0 spiro atoms. The number of benzene rings is 2. The summed E-state index contributed by atoms with van der Waals surface area (Å²) in [5.74, 6) is -3.50. The molecule has 0 bridgehead atoms. The third-order valence-corrected chi connectivity index (χ3v) is 11.5. The Morgan fingerprint density at radius 2 is 1.94 bits per heavy atom. The average molecular weight is 691 g/mol. The van der Waals surface area contributed by atoms with Crippen LogP contribution in [-0.4, -0.2) is 90.1 Å². The standard InChI is InChI=1S/C32H37F2N4O7PS/c1-17(2)26(35)32(41)45-16-44-30-28-31(40)36-11-12-43-14-24(36)38(37(28)13-22(29(30)39)46(3,4)42)27-18-9-10-21(33)25(34)20(18)15-47-23-8-6-5-7-19(23)27/h5-10,13,17,24,26-27,29,39H,11-12,14-16,35H2,1-4H3/t24-,26+,27+,29?/m1/s1. The number of hydrogen-bond donors (Lipinski definition) is 2. The van der Waals surface area contributed by atoms with E-state index in [1.165, 1.54) is 42.4 Å². The maximum absolute atomic E-state index is 15.5. The topological polar surface area (TPSA) is 135 Å². The van der Waals surface area contributed by atoms with E-state index in [1.807, 2.05) is 29.3 Å². The monoisotopic (exact) mass is 690 g/mol. The highest BCUT2D eigenvalue weighted by molar-refractivity contribution is 7.98. The molecule has 0 radical (unpaired) electrons. The molecule has 4 aliphatic heterocycles. The quantitative estimate of drug-likeness (QED) is 0.249. The summed E-state index contributed by atoms with van der Waals surface area (Å²) in [6, 6.07) is 8.38. The molecule has 4 aliphatic rings. The number of nitrogens with two attached hydrogens (primary N) is 1. The van der Waals surface area contributed by atoms with Gasteiger partial charge in [-0.2, -0.15) is 5.01 Å². The van der Waals surface area contributed by atoms with Crippen LogP contribution in [0.2, 0.25) is 0 Å². The molecular formula is C32H37F2N4O7PS. The number of rotatable bonds is 7. The lowest BCUT2D eigenvalue weighted by atomic mass is 9.92. The summed E-state index contributed by atoms with van der Waals surface area (Å²) in [4.78, 5) is 29.2. The first-order valence-electron chi connectivity index (χ1n) is 15.2. The fraction of sp³-hybridized carbons (Fsp3) is 0.438. The highest BCUT2D eigenvalue weighted by atomic mass is 32.2. The minimum Gasteiger partial charge on any atom is -0.456 e. The minimum atomic E-state index is -3.22. The average Bonchev–Trinajstić information content (AvgIpc) is 3.20. The molecule has 47 heavy (non-hydrogen) atoms. The van der Waals surface area contributed by atoms with Gasteiger partial charge in [-0.05, 0) is 42.5 Å². The summed E-state index contributed by atoms with van der Waals surface area (Å²) in [6.45, 7) is 6.28. The smallest absolute Gasteiger partial charge is 0.326 e. The summed E-state index contributed by atoms with van der Waals surface area (Å²) >= 11 is 1.37. The number of nitrogens with zero attached hydrogens (tertiary/aromatic N) is 3. The highest BCUT2D eigenvalue weighted by Crippen LogP contribution is 2.54. The van der Waals surface area contributed by atoms with Crippen LogP contribution in [0.15, 0.2) is 64.3 Å². The first kappa shape index (κ1) is 33.6. The van der Waals surface area contributed by atoms with Crippen molar-refractivity contribution in [2.75, 3.05) is 39.9 Å².